The van der Waals surface area contributed by atoms with Crippen molar-refractivity contribution in [1.82, 2.24) is 4.98 Å². The molecule has 0 saturated carbocycles. The third-order valence-corrected chi connectivity index (χ3v) is 4.08. The molecule has 0 aliphatic rings. The molecule has 0 radical (unpaired) electrons. The Hall–Kier alpha value is -1.91. The second-order valence-electron chi connectivity index (χ2n) is 4.51. The number of fused-ring (bicyclic) bond motifs is 1. The summed E-state index contributed by atoms with van der Waals surface area (Å²) in [7, 11) is 1.73. The molecule has 2 aromatic carbocycles. The van der Waals surface area contributed by atoms with Crippen LogP contribution < -0.4 is 5.32 Å². The van der Waals surface area contributed by atoms with Gasteiger partial charge in [0.15, 0.2) is 5.13 Å². The summed E-state index contributed by atoms with van der Waals surface area (Å²) in [6.07, 6.45) is 0.893. The number of hydrogen-bond acceptors (Lipinski definition) is 4. The summed E-state index contributed by atoms with van der Waals surface area (Å²) in [5.74, 6) is 0. The first-order valence-electron chi connectivity index (χ1n) is 6.56. The molecule has 0 amide bonds. The SMILES string of the molecule is COCCc1ccccc1Nc1nc2ccccc2s1. The van der Waals surface area contributed by atoms with Crippen molar-refractivity contribution in [2.24, 2.45) is 0 Å². The highest BCUT2D eigenvalue weighted by Gasteiger charge is 2.06. The predicted molar refractivity (Wildman–Crippen MR) is 84.9 cm³/mol. The average molecular weight is 284 g/mol. The van der Waals surface area contributed by atoms with Crippen LogP contribution >= 0.6 is 11.3 Å². The molecule has 20 heavy (non-hydrogen) atoms. The molecule has 0 aliphatic heterocycles. The molecule has 1 heterocycles. The van der Waals surface area contributed by atoms with Gasteiger partial charge in [-0.15, -0.1) is 0 Å². The minimum absolute atomic E-state index is 0.721. The number of methoxy groups -OCH3 is 1. The molecular formula is C16H16N2OS. The molecule has 0 atom stereocenters. The van der Waals surface area contributed by atoms with E-state index >= 15 is 0 Å². The Balaban J connectivity index is 1.86. The van der Waals surface area contributed by atoms with Crippen LogP contribution in [0.5, 0.6) is 0 Å². The fourth-order valence-corrected chi connectivity index (χ4v) is 2.99. The van der Waals surface area contributed by atoms with E-state index < -0.39 is 0 Å². The van der Waals surface area contributed by atoms with Gasteiger partial charge in [-0.05, 0) is 30.2 Å². The number of ether oxygens (including phenoxy) is 1. The summed E-state index contributed by atoms with van der Waals surface area (Å²) in [4.78, 5) is 4.61. The van der Waals surface area contributed by atoms with Crippen LogP contribution in [0.25, 0.3) is 10.2 Å². The number of hydrogen-bond donors (Lipinski definition) is 1. The van der Waals surface area contributed by atoms with Gasteiger partial charge in [0.1, 0.15) is 0 Å². The molecule has 0 spiro atoms. The van der Waals surface area contributed by atoms with Crippen LogP contribution in [-0.4, -0.2) is 18.7 Å². The quantitative estimate of drug-likeness (QED) is 0.761. The summed E-state index contributed by atoms with van der Waals surface area (Å²) in [5.41, 5.74) is 3.38. The largest absolute Gasteiger partial charge is 0.384 e. The monoisotopic (exact) mass is 284 g/mol. The summed E-state index contributed by atoms with van der Waals surface area (Å²) in [6.45, 7) is 0.721. The van der Waals surface area contributed by atoms with Crippen LogP contribution in [0.3, 0.4) is 0 Å². The van der Waals surface area contributed by atoms with Gasteiger partial charge in [-0.2, -0.15) is 0 Å². The number of para-hydroxylation sites is 2. The summed E-state index contributed by atoms with van der Waals surface area (Å²) in [5, 5.41) is 4.35. The maximum atomic E-state index is 5.16. The van der Waals surface area contributed by atoms with Gasteiger partial charge in [0.2, 0.25) is 0 Å². The van der Waals surface area contributed by atoms with Gasteiger partial charge in [0.25, 0.3) is 0 Å². The lowest BCUT2D eigenvalue weighted by atomic mass is 10.1. The standard InChI is InChI=1S/C16H16N2OS/c1-19-11-10-12-6-2-3-7-13(12)17-16-18-14-8-4-5-9-15(14)20-16/h2-9H,10-11H2,1H3,(H,17,18). The fourth-order valence-electron chi connectivity index (χ4n) is 2.11. The van der Waals surface area contributed by atoms with E-state index in [0.717, 1.165) is 29.4 Å². The molecule has 1 aromatic heterocycles. The highest BCUT2D eigenvalue weighted by atomic mass is 32.1. The van der Waals surface area contributed by atoms with Gasteiger partial charge in [-0.25, -0.2) is 4.98 Å². The number of benzene rings is 2. The van der Waals surface area contributed by atoms with Gasteiger partial charge in [0, 0.05) is 12.8 Å². The maximum Gasteiger partial charge on any atom is 0.188 e. The Labute approximate surface area is 122 Å². The Morgan fingerprint density at radius 3 is 2.75 bits per heavy atom. The van der Waals surface area contributed by atoms with Crippen LogP contribution in [0.15, 0.2) is 48.5 Å². The molecule has 1 N–H and O–H groups in total. The minimum atomic E-state index is 0.721. The second kappa shape index (κ2) is 6.03. The molecular weight excluding hydrogens is 268 g/mol. The van der Waals surface area contributed by atoms with E-state index in [4.69, 9.17) is 4.74 Å². The van der Waals surface area contributed by atoms with Crippen molar-refractivity contribution >= 4 is 32.4 Å². The smallest absolute Gasteiger partial charge is 0.188 e. The van der Waals surface area contributed by atoms with Crippen LogP contribution in [0, 0.1) is 0 Å². The summed E-state index contributed by atoms with van der Waals surface area (Å²) < 4.78 is 6.36. The summed E-state index contributed by atoms with van der Waals surface area (Å²) in [6, 6.07) is 16.5. The van der Waals surface area contributed by atoms with E-state index in [1.807, 2.05) is 24.3 Å². The zero-order valence-corrected chi connectivity index (χ0v) is 12.1. The topological polar surface area (TPSA) is 34.1 Å². The van der Waals surface area contributed by atoms with Crippen LogP contribution in [0.2, 0.25) is 0 Å². The van der Waals surface area contributed by atoms with Crippen molar-refractivity contribution in [2.45, 2.75) is 6.42 Å². The number of aromatic nitrogens is 1. The molecule has 0 saturated heterocycles. The third kappa shape index (κ3) is 2.81. The van der Waals surface area contributed by atoms with E-state index in [1.165, 1.54) is 10.3 Å². The lowest BCUT2D eigenvalue weighted by Gasteiger charge is -2.09. The van der Waals surface area contributed by atoms with Crippen molar-refractivity contribution < 1.29 is 4.74 Å². The zero-order valence-electron chi connectivity index (χ0n) is 11.3. The van der Waals surface area contributed by atoms with Gasteiger partial charge < -0.3 is 10.1 Å². The minimum Gasteiger partial charge on any atom is -0.384 e. The van der Waals surface area contributed by atoms with E-state index in [9.17, 15) is 0 Å². The first-order chi connectivity index (χ1) is 9.86. The van der Waals surface area contributed by atoms with Crippen molar-refractivity contribution in [1.29, 1.82) is 0 Å². The number of anilines is 2. The highest BCUT2D eigenvalue weighted by molar-refractivity contribution is 7.22. The van der Waals surface area contributed by atoms with Gasteiger partial charge in [-0.3, -0.25) is 0 Å². The third-order valence-electron chi connectivity index (χ3n) is 3.13. The molecule has 0 bridgehead atoms. The van der Waals surface area contributed by atoms with Crippen LogP contribution in [-0.2, 0) is 11.2 Å². The Bertz CT molecular complexity index is 675. The van der Waals surface area contributed by atoms with Crippen LogP contribution in [0.4, 0.5) is 10.8 Å². The molecule has 3 rings (SSSR count). The molecule has 0 fully saturated rings. The number of nitrogens with one attached hydrogen (secondary N) is 1. The average Bonchev–Trinajstić information content (AvgIpc) is 2.88. The zero-order chi connectivity index (χ0) is 13.8. The van der Waals surface area contributed by atoms with E-state index in [-0.39, 0.29) is 0 Å². The number of nitrogens with zero attached hydrogens (tertiary/aromatic N) is 1. The van der Waals surface area contributed by atoms with Gasteiger partial charge in [-0.1, -0.05) is 41.7 Å². The highest BCUT2D eigenvalue weighted by Crippen LogP contribution is 2.29. The van der Waals surface area contributed by atoms with E-state index in [0.29, 0.717) is 0 Å². The van der Waals surface area contributed by atoms with Crippen molar-refractivity contribution in [3.8, 4) is 0 Å². The normalized spacial score (nSPS) is 10.8. The Morgan fingerprint density at radius 2 is 1.90 bits per heavy atom. The van der Waals surface area contributed by atoms with E-state index in [2.05, 4.69) is 34.6 Å². The molecule has 0 aliphatic carbocycles. The molecule has 102 valence electrons. The van der Waals surface area contributed by atoms with Crippen molar-refractivity contribution in [3.63, 3.8) is 0 Å². The number of rotatable bonds is 5. The first kappa shape index (κ1) is 13.1. The number of thiazole rings is 1. The molecule has 0 unspecified atom stereocenters. The second-order valence-corrected chi connectivity index (χ2v) is 5.54. The maximum absolute atomic E-state index is 5.16. The van der Waals surface area contributed by atoms with Crippen LogP contribution in [0.1, 0.15) is 5.56 Å². The lowest BCUT2D eigenvalue weighted by molar-refractivity contribution is 0.202. The molecule has 4 heteroatoms. The Kier molecular flexibility index (Phi) is 3.95. The molecule has 3 aromatic rings. The van der Waals surface area contributed by atoms with Crippen molar-refractivity contribution in [3.05, 3.63) is 54.1 Å². The summed E-state index contributed by atoms with van der Waals surface area (Å²) >= 11 is 1.67. The fraction of sp³-hybridized carbons (Fsp3) is 0.188. The Morgan fingerprint density at radius 1 is 1.10 bits per heavy atom. The van der Waals surface area contributed by atoms with Gasteiger partial charge >= 0.3 is 0 Å². The predicted octanol–water partition coefficient (Wildman–Crippen LogP) is 4.23. The first-order valence-corrected chi connectivity index (χ1v) is 7.38. The van der Waals surface area contributed by atoms with Crippen molar-refractivity contribution in [2.75, 3.05) is 19.0 Å². The van der Waals surface area contributed by atoms with E-state index in [1.54, 1.807) is 18.4 Å². The molecule has 3 nitrogen and oxygen atoms in total. The van der Waals surface area contributed by atoms with Gasteiger partial charge in [0.05, 0.1) is 16.8 Å². The lowest BCUT2D eigenvalue weighted by Crippen LogP contribution is -1.99.